The Labute approximate surface area is 212 Å². The van der Waals surface area contributed by atoms with Crippen LogP contribution in [0.3, 0.4) is 0 Å². The highest BCUT2D eigenvalue weighted by atomic mass is 19.4. The highest BCUT2D eigenvalue weighted by molar-refractivity contribution is 6.05. The number of anilines is 2. The van der Waals surface area contributed by atoms with Gasteiger partial charge in [-0.05, 0) is 53.9 Å². The van der Waals surface area contributed by atoms with E-state index in [-0.39, 0.29) is 29.8 Å². The molecule has 0 aromatic heterocycles. The van der Waals surface area contributed by atoms with Crippen LogP contribution in [0, 0.1) is 12.7 Å². The van der Waals surface area contributed by atoms with Crippen molar-refractivity contribution in [2.75, 3.05) is 36.5 Å². The van der Waals surface area contributed by atoms with Crippen LogP contribution in [0.4, 0.5) is 28.9 Å². The first kappa shape index (κ1) is 26.3. The van der Waals surface area contributed by atoms with Gasteiger partial charge in [-0.25, -0.2) is 4.39 Å². The summed E-state index contributed by atoms with van der Waals surface area (Å²) < 4.78 is 60.5. The third-order valence-corrected chi connectivity index (χ3v) is 6.17. The number of rotatable bonds is 7. The Bertz CT molecular complexity index is 1300. The van der Waals surface area contributed by atoms with Crippen molar-refractivity contribution >= 4 is 23.1 Å². The standard InChI is InChI=1S/C28H26F4N2O3/c1-18-14-19(7-9-26(18)34-10-12-37-13-11-34)15-21(35)16-20-6-8-25(23(17-20)28(30,31)32)33-27(36)22-4-2-3-5-24(22)29/h2-9,14,17H,10-13,15-16H2,1H3,(H,33,36). The summed E-state index contributed by atoms with van der Waals surface area (Å²) in [7, 11) is 0. The maximum Gasteiger partial charge on any atom is 0.418 e. The van der Waals surface area contributed by atoms with Gasteiger partial charge in [0.05, 0.1) is 30.0 Å². The molecule has 1 aliphatic heterocycles. The van der Waals surface area contributed by atoms with Crippen molar-refractivity contribution in [3.63, 3.8) is 0 Å². The molecule has 0 radical (unpaired) electrons. The van der Waals surface area contributed by atoms with Crippen LogP contribution < -0.4 is 10.2 Å². The van der Waals surface area contributed by atoms with Gasteiger partial charge in [0.15, 0.2) is 0 Å². The van der Waals surface area contributed by atoms with Crippen molar-refractivity contribution in [2.45, 2.75) is 25.9 Å². The Hall–Kier alpha value is -3.72. The summed E-state index contributed by atoms with van der Waals surface area (Å²) >= 11 is 0. The minimum Gasteiger partial charge on any atom is -0.378 e. The van der Waals surface area contributed by atoms with Gasteiger partial charge in [0, 0.05) is 31.6 Å². The van der Waals surface area contributed by atoms with Gasteiger partial charge in [-0.3, -0.25) is 9.59 Å². The lowest BCUT2D eigenvalue weighted by atomic mass is 9.98. The molecule has 1 fully saturated rings. The van der Waals surface area contributed by atoms with Gasteiger partial charge >= 0.3 is 6.18 Å². The van der Waals surface area contributed by atoms with Crippen LogP contribution in [-0.2, 0) is 28.5 Å². The average molecular weight is 515 g/mol. The van der Waals surface area contributed by atoms with Crippen molar-refractivity contribution in [2.24, 2.45) is 0 Å². The smallest absolute Gasteiger partial charge is 0.378 e. The fourth-order valence-corrected chi connectivity index (χ4v) is 4.38. The predicted octanol–water partition coefficient (Wildman–Crippen LogP) is 5.60. The summed E-state index contributed by atoms with van der Waals surface area (Å²) in [5.74, 6) is -2.08. The summed E-state index contributed by atoms with van der Waals surface area (Å²) in [6.07, 6.45) is -4.91. The Morgan fingerprint density at radius 3 is 2.24 bits per heavy atom. The Balaban J connectivity index is 1.46. The second-order valence-electron chi connectivity index (χ2n) is 8.92. The zero-order valence-electron chi connectivity index (χ0n) is 20.2. The van der Waals surface area contributed by atoms with Crippen LogP contribution in [0.2, 0.25) is 0 Å². The van der Waals surface area contributed by atoms with Gasteiger partial charge < -0.3 is 15.0 Å². The molecule has 1 heterocycles. The third-order valence-electron chi connectivity index (χ3n) is 6.17. The number of carbonyl (C=O) groups is 2. The number of carbonyl (C=O) groups excluding carboxylic acids is 2. The summed E-state index contributed by atoms with van der Waals surface area (Å²) in [5.41, 5.74) is 1.06. The fraction of sp³-hybridized carbons (Fsp3) is 0.286. The van der Waals surface area contributed by atoms with Gasteiger partial charge in [0.2, 0.25) is 0 Å². The molecule has 0 saturated carbocycles. The quantitative estimate of drug-likeness (QED) is 0.418. The number of nitrogens with one attached hydrogen (secondary N) is 1. The number of ketones is 1. The van der Waals surface area contributed by atoms with E-state index in [1.54, 1.807) is 0 Å². The molecule has 4 rings (SSSR count). The van der Waals surface area contributed by atoms with Crippen LogP contribution in [-0.4, -0.2) is 38.0 Å². The van der Waals surface area contributed by atoms with Crippen LogP contribution in [0.15, 0.2) is 60.7 Å². The topological polar surface area (TPSA) is 58.6 Å². The summed E-state index contributed by atoms with van der Waals surface area (Å²) in [6, 6.07) is 14.0. The number of aryl methyl sites for hydroxylation is 1. The number of benzene rings is 3. The maximum atomic E-state index is 13.9. The molecule has 0 bridgehead atoms. The molecule has 1 N–H and O–H groups in total. The zero-order chi connectivity index (χ0) is 26.6. The van der Waals surface area contributed by atoms with Gasteiger partial charge in [-0.15, -0.1) is 0 Å². The normalized spacial score (nSPS) is 13.9. The van der Waals surface area contributed by atoms with E-state index < -0.39 is 29.2 Å². The lowest BCUT2D eigenvalue weighted by Crippen LogP contribution is -2.36. The second kappa shape index (κ2) is 11.1. The minimum atomic E-state index is -4.79. The number of amides is 1. The highest BCUT2D eigenvalue weighted by Gasteiger charge is 2.34. The number of hydrogen-bond donors (Lipinski definition) is 1. The minimum absolute atomic E-state index is 0.0807. The number of hydrogen-bond acceptors (Lipinski definition) is 4. The van der Waals surface area contributed by atoms with Crippen LogP contribution in [0.1, 0.15) is 32.6 Å². The predicted molar refractivity (Wildman–Crippen MR) is 132 cm³/mol. The Morgan fingerprint density at radius 1 is 0.946 bits per heavy atom. The molecule has 1 amide bonds. The molecular formula is C28H26F4N2O3. The molecule has 3 aromatic carbocycles. The molecular weight excluding hydrogens is 488 g/mol. The van der Waals surface area contributed by atoms with E-state index in [0.29, 0.717) is 13.2 Å². The number of nitrogens with zero attached hydrogens (tertiary/aromatic N) is 1. The largest absolute Gasteiger partial charge is 0.418 e. The molecule has 37 heavy (non-hydrogen) atoms. The summed E-state index contributed by atoms with van der Waals surface area (Å²) in [5, 5.41) is 2.14. The average Bonchev–Trinajstić information content (AvgIpc) is 2.85. The first-order valence-electron chi connectivity index (χ1n) is 11.8. The van der Waals surface area contributed by atoms with Crippen molar-refractivity contribution in [1.29, 1.82) is 0 Å². The Kier molecular flexibility index (Phi) is 7.92. The number of halogens is 4. The van der Waals surface area contributed by atoms with Crippen LogP contribution >= 0.6 is 0 Å². The fourth-order valence-electron chi connectivity index (χ4n) is 4.38. The maximum absolute atomic E-state index is 13.9. The summed E-state index contributed by atoms with van der Waals surface area (Å²) in [4.78, 5) is 27.3. The molecule has 0 spiro atoms. The second-order valence-corrected chi connectivity index (χ2v) is 8.92. The van der Waals surface area contributed by atoms with Crippen molar-refractivity contribution in [3.8, 4) is 0 Å². The molecule has 5 nitrogen and oxygen atoms in total. The van der Waals surface area contributed by atoms with Crippen LogP contribution in [0.5, 0.6) is 0 Å². The monoisotopic (exact) mass is 514 g/mol. The van der Waals surface area contributed by atoms with Gasteiger partial charge in [0.25, 0.3) is 5.91 Å². The van der Waals surface area contributed by atoms with E-state index in [0.717, 1.165) is 48.1 Å². The van der Waals surface area contributed by atoms with Crippen molar-refractivity contribution in [1.82, 2.24) is 0 Å². The lowest BCUT2D eigenvalue weighted by Gasteiger charge is -2.30. The van der Waals surface area contributed by atoms with E-state index in [1.165, 1.54) is 24.3 Å². The van der Waals surface area contributed by atoms with Crippen molar-refractivity contribution in [3.05, 3.63) is 94.3 Å². The van der Waals surface area contributed by atoms with E-state index in [9.17, 15) is 27.2 Å². The van der Waals surface area contributed by atoms with Gasteiger partial charge in [0.1, 0.15) is 11.6 Å². The number of morpholine rings is 1. The lowest BCUT2D eigenvalue weighted by molar-refractivity contribution is -0.137. The van der Waals surface area contributed by atoms with Gasteiger partial charge in [-0.2, -0.15) is 13.2 Å². The SMILES string of the molecule is Cc1cc(CC(=O)Cc2ccc(NC(=O)c3ccccc3F)c(C(F)(F)F)c2)ccc1N1CCOCC1. The van der Waals surface area contributed by atoms with Crippen LogP contribution in [0.25, 0.3) is 0 Å². The van der Waals surface area contributed by atoms with E-state index in [1.807, 2.05) is 25.1 Å². The third kappa shape index (κ3) is 6.54. The van der Waals surface area contributed by atoms with E-state index in [2.05, 4.69) is 10.2 Å². The molecule has 0 aliphatic carbocycles. The first-order chi connectivity index (χ1) is 17.6. The molecule has 0 atom stereocenters. The zero-order valence-corrected chi connectivity index (χ0v) is 20.2. The van der Waals surface area contributed by atoms with Gasteiger partial charge in [-0.1, -0.05) is 30.3 Å². The molecule has 0 unspecified atom stereocenters. The highest BCUT2D eigenvalue weighted by Crippen LogP contribution is 2.36. The molecule has 1 saturated heterocycles. The molecule has 194 valence electrons. The van der Waals surface area contributed by atoms with Crippen molar-refractivity contribution < 1.29 is 31.9 Å². The first-order valence-corrected chi connectivity index (χ1v) is 11.8. The number of alkyl halides is 3. The number of Topliss-reactive ketones (excluding diaryl/α,β-unsaturated/α-hetero) is 1. The molecule has 9 heteroatoms. The summed E-state index contributed by atoms with van der Waals surface area (Å²) in [6.45, 7) is 4.86. The Morgan fingerprint density at radius 2 is 1.59 bits per heavy atom. The number of ether oxygens (including phenoxy) is 1. The molecule has 3 aromatic rings. The molecule has 1 aliphatic rings. The van der Waals surface area contributed by atoms with E-state index in [4.69, 9.17) is 4.74 Å². The van der Waals surface area contributed by atoms with E-state index >= 15 is 0 Å².